The largest absolute Gasteiger partial charge is 0.481 e. The third-order valence-electron chi connectivity index (χ3n) is 2.38. The Labute approximate surface area is 114 Å². The number of nitrogens with zero attached hydrogens (tertiary/aromatic N) is 1. The molecule has 5 heteroatoms. The highest BCUT2D eigenvalue weighted by atomic mass is 16.5. The van der Waals surface area contributed by atoms with Crippen LogP contribution < -0.4 is 15.4 Å². The van der Waals surface area contributed by atoms with Gasteiger partial charge >= 0.3 is 0 Å². The first-order valence-electron chi connectivity index (χ1n) is 6.41. The van der Waals surface area contributed by atoms with Gasteiger partial charge in [0, 0.05) is 37.3 Å². The zero-order valence-corrected chi connectivity index (χ0v) is 12.1. The highest BCUT2D eigenvalue weighted by Crippen LogP contribution is 2.06. The Morgan fingerprint density at radius 1 is 1.37 bits per heavy atom. The van der Waals surface area contributed by atoms with Crippen molar-refractivity contribution in [3.05, 3.63) is 23.9 Å². The first-order chi connectivity index (χ1) is 8.90. The smallest absolute Gasteiger partial charge is 0.221 e. The summed E-state index contributed by atoms with van der Waals surface area (Å²) in [7, 11) is 1.59. The summed E-state index contributed by atoms with van der Waals surface area (Å²) < 4.78 is 4.99. The van der Waals surface area contributed by atoms with Gasteiger partial charge < -0.3 is 15.4 Å². The predicted octanol–water partition coefficient (Wildman–Crippen LogP) is 1.48. The molecule has 0 aliphatic rings. The second-order valence-electron chi connectivity index (χ2n) is 5.43. The molecule has 0 aliphatic carbocycles. The van der Waals surface area contributed by atoms with Gasteiger partial charge in [-0.1, -0.05) is 6.07 Å². The van der Waals surface area contributed by atoms with E-state index in [4.69, 9.17) is 4.74 Å². The van der Waals surface area contributed by atoms with Gasteiger partial charge in [0.15, 0.2) is 0 Å². The van der Waals surface area contributed by atoms with Gasteiger partial charge in [-0.25, -0.2) is 4.98 Å². The van der Waals surface area contributed by atoms with Crippen LogP contribution in [0.5, 0.6) is 5.88 Å². The molecule has 1 aromatic heterocycles. The van der Waals surface area contributed by atoms with Gasteiger partial charge in [0.05, 0.1) is 7.11 Å². The minimum Gasteiger partial charge on any atom is -0.481 e. The quantitative estimate of drug-likeness (QED) is 0.765. The van der Waals surface area contributed by atoms with Gasteiger partial charge in [0.1, 0.15) is 0 Å². The third kappa shape index (κ3) is 6.76. The van der Waals surface area contributed by atoms with E-state index in [-0.39, 0.29) is 11.4 Å². The molecule has 106 valence electrons. The van der Waals surface area contributed by atoms with Gasteiger partial charge in [-0.15, -0.1) is 0 Å². The molecule has 2 N–H and O–H groups in total. The van der Waals surface area contributed by atoms with Crippen molar-refractivity contribution in [2.75, 3.05) is 13.7 Å². The minimum absolute atomic E-state index is 0.0628. The Hall–Kier alpha value is -1.62. The van der Waals surface area contributed by atoms with Crippen molar-refractivity contribution in [3.63, 3.8) is 0 Å². The zero-order valence-electron chi connectivity index (χ0n) is 12.1. The van der Waals surface area contributed by atoms with Crippen molar-refractivity contribution in [2.24, 2.45) is 0 Å². The van der Waals surface area contributed by atoms with Gasteiger partial charge in [-0.3, -0.25) is 4.79 Å². The Kier molecular flexibility index (Phi) is 5.76. The molecular formula is C14H23N3O2. The van der Waals surface area contributed by atoms with Crippen LogP contribution in [0.3, 0.4) is 0 Å². The molecule has 0 unspecified atom stereocenters. The van der Waals surface area contributed by atoms with Crippen LogP contribution in [-0.2, 0) is 11.3 Å². The zero-order chi connectivity index (χ0) is 14.3. The fraction of sp³-hybridized carbons (Fsp3) is 0.571. The van der Waals surface area contributed by atoms with Crippen LogP contribution in [0.2, 0.25) is 0 Å². The summed E-state index contributed by atoms with van der Waals surface area (Å²) in [4.78, 5) is 15.7. The van der Waals surface area contributed by atoms with E-state index in [9.17, 15) is 4.79 Å². The summed E-state index contributed by atoms with van der Waals surface area (Å²) >= 11 is 0. The van der Waals surface area contributed by atoms with Crippen molar-refractivity contribution in [2.45, 2.75) is 39.3 Å². The number of pyridine rings is 1. The van der Waals surface area contributed by atoms with Crippen molar-refractivity contribution in [3.8, 4) is 5.88 Å². The Balaban J connectivity index is 2.21. The van der Waals surface area contributed by atoms with Gasteiger partial charge in [0.25, 0.3) is 0 Å². The van der Waals surface area contributed by atoms with Crippen molar-refractivity contribution >= 4 is 5.91 Å². The second kappa shape index (κ2) is 7.09. The molecule has 0 saturated carbocycles. The van der Waals surface area contributed by atoms with Crippen LogP contribution in [-0.4, -0.2) is 30.1 Å². The predicted molar refractivity (Wildman–Crippen MR) is 75.0 cm³/mol. The Bertz CT molecular complexity index is 396. The highest BCUT2D eigenvalue weighted by molar-refractivity contribution is 5.76. The molecule has 0 aromatic carbocycles. The molecule has 0 saturated heterocycles. The fourth-order valence-electron chi connectivity index (χ4n) is 1.55. The number of rotatable bonds is 6. The number of hydrogen-bond acceptors (Lipinski definition) is 4. The number of nitrogens with one attached hydrogen (secondary N) is 2. The molecule has 1 amide bonds. The average Bonchev–Trinajstić information content (AvgIpc) is 2.33. The maximum atomic E-state index is 11.6. The molecule has 1 heterocycles. The molecule has 19 heavy (non-hydrogen) atoms. The lowest BCUT2D eigenvalue weighted by Crippen LogP contribution is -2.41. The Morgan fingerprint density at radius 2 is 2.11 bits per heavy atom. The van der Waals surface area contributed by atoms with E-state index in [1.54, 1.807) is 13.3 Å². The lowest BCUT2D eigenvalue weighted by atomic mass is 10.1. The number of carbonyl (C=O) groups is 1. The summed E-state index contributed by atoms with van der Waals surface area (Å²) in [5, 5.41) is 6.14. The number of aromatic nitrogens is 1. The van der Waals surface area contributed by atoms with Gasteiger partial charge in [0.2, 0.25) is 11.8 Å². The number of carbonyl (C=O) groups excluding carboxylic acids is 1. The molecule has 1 rings (SSSR count). The number of methoxy groups -OCH3 is 1. The van der Waals surface area contributed by atoms with Crippen LogP contribution in [0.25, 0.3) is 0 Å². The summed E-state index contributed by atoms with van der Waals surface area (Å²) in [6, 6.07) is 3.78. The van der Waals surface area contributed by atoms with Crippen molar-refractivity contribution in [1.29, 1.82) is 0 Å². The first-order valence-corrected chi connectivity index (χ1v) is 6.41. The van der Waals surface area contributed by atoms with E-state index >= 15 is 0 Å². The third-order valence-corrected chi connectivity index (χ3v) is 2.38. The second-order valence-corrected chi connectivity index (χ2v) is 5.43. The van der Waals surface area contributed by atoms with Gasteiger partial charge in [-0.2, -0.15) is 0 Å². The fourth-order valence-corrected chi connectivity index (χ4v) is 1.55. The monoisotopic (exact) mass is 265 g/mol. The lowest BCUT2D eigenvalue weighted by Gasteiger charge is -2.20. The number of ether oxygens (including phenoxy) is 1. The maximum absolute atomic E-state index is 11.6. The molecule has 0 atom stereocenters. The van der Waals surface area contributed by atoms with Gasteiger partial charge in [-0.05, 0) is 26.3 Å². The Morgan fingerprint density at radius 3 is 2.63 bits per heavy atom. The van der Waals surface area contributed by atoms with E-state index < -0.39 is 0 Å². The van der Waals surface area contributed by atoms with E-state index in [2.05, 4.69) is 15.6 Å². The standard InChI is InChI=1S/C14H23N3O2/c1-14(2,3)17-12(18)7-8-15-9-11-5-6-13(19-4)16-10-11/h5-6,10,15H,7-9H2,1-4H3,(H,17,18). The highest BCUT2D eigenvalue weighted by Gasteiger charge is 2.12. The summed E-state index contributed by atoms with van der Waals surface area (Å²) in [6.45, 7) is 7.26. The number of hydrogen-bond donors (Lipinski definition) is 2. The van der Waals surface area contributed by atoms with Crippen LogP contribution in [0.15, 0.2) is 18.3 Å². The SMILES string of the molecule is COc1ccc(CNCCC(=O)NC(C)(C)C)cn1. The molecule has 0 spiro atoms. The minimum atomic E-state index is -0.170. The van der Waals surface area contributed by atoms with E-state index in [1.807, 2.05) is 32.9 Å². The molecule has 0 radical (unpaired) electrons. The summed E-state index contributed by atoms with van der Waals surface area (Å²) in [6.07, 6.45) is 2.24. The van der Waals surface area contributed by atoms with Crippen molar-refractivity contribution < 1.29 is 9.53 Å². The van der Waals surface area contributed by atoms with E-state index in [1.165, 1.54) is 0 Å². The first kappa shape index (κ1) is 15.4. The molecule has 0 fully saturated rings. The van der Waals surface area contributed by atoms with E-state index in [0.29, 0.717) is 25.4 Å². The summed E-state index contributed by atoms with van der Waals surface area (Å²) in [5.41, 5.74) is 0.897. The van der Waals surface area contributed by atoms with Crippen LogP contribution in [0.1, 0.15) is 32.8 Å². The van der Waals surface area contributed by atoms with Crippen LogP contribution in [0.4, 0.5) is 0 Å². The van der Waals surface area contributed by atoms with E-state index in [0.717, 1.165) is 5.56 Å². The number of amides is 1. The van der Waals surface area contributed by atoms with Crippen LogP contribution >= 0.6 is 0 Å². The molecule has 1 aromatic rings. The van der Waals surface area contributed by atoms with Crippen LogP contribution in [0, 0.1) is 0 Å². The maximum Gasteiger partial charge on any atom is 0.221 e. The van der Waals surface area contributed by atoms with Crippen molar-refractivity contribution in [1.82, 2.24) is 15.6 Å². The normalized spacial score (nSPS) is 11.2. The molecule has 0 aliphatic heterocycles. The average molecular weight is 265 g/mol. The summed E-state index contributed by atoms with van der Waals surface area (Å²) in [5.74, 6) is 0.668. The molecule has 5 nitrogen and oxygen atoms in total. The topological polar surface area (TPSA) is 63.2 Å². The molecular weight excluding hydrogens is 242 g/mol. The lowest BCUT2D eigenvalue weighted by molar-refractivity contribution is -0.122. The molecule has 0 bridgehead atoms.